The second-order valence-electron chi connectivity index (χ2n) is 6.84. The lowest BCUT2D eigenvalue weighted by Gasteiger charge is -2.09. The fourth-order valence-corrected chi connectivity index (χ4v) is 3.30. The Hall–Kier alpha value is -3.81. The van der Waals surface area contributed by atoms with Crippen molar-refractivity contribution in [3.8, 4) is 0 Å². The Balaban J connectivity index is 1.57. The van der Waals surface area contributed by atoms with E-state index >= 15 is 0 Å². The van der Waals surface area contributed by atoms with Gasteiger partial charge < -0.3 is 21.3 Å². The molecular formula is C24H20Cl2N4O3. The second kappa shape index (κ2) is 11.2. The minimum atomic E-state index is -0.372. The summed E-state index contributed by atoms with van der Waals surface area (Å²) in [6.07, 6.45) is 1.58. The van der Waals surface area contributed by atoms with Gasteiger partial charge in [0.05, 0.1) is 0 Å². The molecule has 0 unspecified atom stereocenters. The van der Waals surface area contributed by atoms with Gasteiger partial charge in [-0.25, -0.2) is 4.79 Å². The molecule has 0 aromatic heterocycles. The van der Waals surface area contributed by atoms with Gasteiger partial charge in [-0.3, -0.25) is 9.59 Å². The molecule has 0 heterocycles. The van der Waals surface area contributed by atoms with Crippen molar-refractivity contribution in [1.29, 1.82) is 0 Å². The first kappa shape index (κ1) is 23.8. The summed E-state index contributed by atoms with van der Waals surface area (Å²) in [5.41, 5.74) is 2.39. The molecule has 0 bridgehead atoms. The predicted molar refractivity (Wildman–Crippen MR) is 132 cm³/mol. The molecular weight excluding hydrogens is 463 g/mol. The minimum absolute atomic E-state index is 0.320. The molecule has 0 saturated carbocycles. The van der Waals surface area contributed by atoms with E-state index in [-0.39, 0.29) is 17.8 Å². The van der Waals surface area contributed by atoms with Crippen LogP contribution in [0.5, 0.6) is 0 Å². The molecule has 3 aromatic carbocycles. The number of hydrogen-bond acceptors (Lipinski definition) is 3. The first-order valence-electron chi connectivity index (χ1n) is 9.79. The third-order valence-electron chi connectivity index (χ3n) is 4.34. The molecule has 3 aromatic rings. The van der Waals surface area contributed by atoms with Gasteiger partial charge in [0.1, 0.15) is 0 Å². The first-order chi connectivity index (χ1) is 15.8. The zero-order chi connectivity index (χ0) is 23.8. The molecule has 33 heavy (non-hydrogen) atoms. The fourth-order valence-electron chi connectivity index (χ4n) is 2.77. The number of benzene rings is 3. The predicted octanol–water partition coefficient (Wildman–Crippen LogP) is 5.81. The van der Waals surface area contributed by atoms with Gasteiger partial charge in [0, 0.05) is 44.8 Å². The highest BCUT2D eigenvalue weighted by Gasteiger charge is 2.10. The van der Waals surface area contributed by atoms with E-state index < -0.39 is 0 Å². The fraction of sp³-hybridized carbons (Fsp3) is 0.0417. The van der Waals surface area contributed by atoms with Crippen LogP contribution in [0.15, 0.2) is 79.4 Å². The Morgan fingerprint density at radius 1 is 0.697 bits per heavy atom. The van der Waals surface area contributed by atoms with Crippen molar-refractivity contribution in [2.45, 2.75) is 0 Å². The molecule has 4 N–H and O–H groups in total. The quantitative estimate of drug-likeness (QED) is 0.320. The van der Waals surface area contributed by atoms with E-state index in [0.29, 0.717) is 44.8 Å². The zero-order valence-corrected chi connectivity index (χ0v) is 18.8. The van der Waals surface area contributed by atoms with Crippen molar-refractivity contribution < 1.29 is 14.4 Å². The van der Waals surface area contributed by atoms with Gasteiger partial charge >= 0.3 is 6.03 Å². The van der Waals surface area contributed by atoms with Gasteiger partial charge in [-0.05, 0) is 66.7 Å². The van der Waals surface area contributed by atoms with Crippen LogP contribution in [0.1, 0.15) is 20.7 Å². The number of rotatable bonds is 7. The van der Waals surface area contributed by atoms with E-state index in [0.717, 1.165) is 0 Å². The largest absolute Gasteiger partial charge is 0.334 e. The van der Waals surface area contributed by atoms with Crippen molar-refractivity contribution in [2.24, 2.45) is 0 Å². The van der Waals surface area contributed by atoms with E-state index in [1.807, 2.05) is 0 Å². The van der Waals surface area contributed by atoms with Crippen LogP contribution in [0, 0.1) is 0 Å². The van der Waals surface area contributed by atoms with Gasteiger partial charge in [0.15, 0.2) is 0 Å². The molecule has 168 valence electrons. The number of amides is 4. The molecule has 0 radical (unpaired) electrons. The number of nitrogens with one attached hydrogen (secondary N) is 4. The lowest BCUT2D eigenvalue weighted by atomic mass is 10.1. The maximum absolute atomic E-state index is 12.5. The highest BCUT2D eigenvalue weighted by atomic mass is 35.5. The van der Waals surface area contributed by atoms with E-state index in [1.165, 1.54) is 12.1 Å². The van der Waals surface area contributed by atoms with Gasteiger partial charge in [0.2, 0.25) is 0 Å². The first-order valence-corrected chi connectivity index (χ1v) is 10.5. The lowest BCUT2D eigenvalue weighted by Crippen LogP contribution is -2.28. The number of urea groups is 1. The smallest absolute Gasteiger partial charge is 0.319 e. The summed E-state index contributed by atoms with van der Waals surface area (Å²) in [7, 11) is 0. The van der Waals surface area contributed by atoms with Gasteiger partial charge in [0.25, 0.3) is 11.8 Å². The number of carbonyl (C=O) groups excluding carboxylic acids is 3. The molecule has 9 heteroatoms. The summed E-state index contributed by atoms with van der Waals surface area (Å²) in [4.78, 5) is 36.5. The SMILES string of the molecule is C=CCNC(=O)Nc1ccc(NC(=O)c2ccc(NC(=O)c3cc(Cl)cc(Cl)c3)cc2)cc1. The van der Waals surface area contributed by atoms with Crippen LogP contribution in [0.25, 0.3) is 0 Å². The Morgan fingerprint density at radius 2 is 1.15 bits per heavy atom. The van der Waals surface area contributed by atoms with Crippen molar-refractivity contribution in [2.75, 3.05) is 22.5 Å². The zero-order valence-electron chi connectivity index (χ0n) is 17.3. The number of anilines is 3. The molecule has 0 aliphatic heterocycles. The van der Waals surface area contributed by atoms with Crippen LogP contribution >= 0.6 is 23.2 Å². The van der Waals surface area contributed by atoms with Crippen LogP contribution in [-0.2, 0) is 0 Å². The topological polar surface area (TPSA) is 99.3 Å². The van der Waals surface area contributed by atoms with Crippen molar-refractivity contribution in [3.63, 3.8) is 0 Å². The summed E-state index contributed by atoms with van der Waals surface area (Å²) in [5.74, 6) is -0.692. The average Bonchev–Trinajstić information content (AvgIpc) is 2.78. The summed E-state index contributed by atoms with van der Waals surface area (Å²) in [5, 5.41) is 11.5. The van der Waals surface area contributed by atoms with Crippen LogP contribution in [0.2, 0.25) is 10.0 Å². The summed E-state index contributed by atoms with van der Waals surface area (Å²) >= 11 is 11.9. The molecule has 4 amide bonds. The van der Waals surface area contributed by atoms with Crippen LogP contribution in [0.3, 0.4) is 0 Å². The Morgan fingerprint density at radius 3 is 1.67 bits per heavy atom. The average molecular weight is 483 g/mol. The van der Waals surface area contributed by atoms with E-state index in [9.17, 15) is 14.4 Å². The normalized spacial score (nSPS) is 10.1. The molecule has 0 atom stereocenters. The third-order valence-corrected chi connectivity index (χ3v) is 4.77. The van der Waals surface area contributed by atoms with Crippen molar-refractivity contribution >= 4 is 58.1 Å². The Labute approximate surface area is 200 Å². The third kappa shape index (κ3) is 7.10. The van der Waals surface area contributed by atoms with E-state index in [4.69, 9.17) is 23.2 Å². The number of hydrogen-bond donors (Lipinski definition) is 4. The van der Waals surface area contributed by atoms with E-state index in [2.05, 4.69) is 27.8 Å². The molecule has 3 rings (SSSR count). The van der Waals surface area contributed by atoms with Crippen LogP contribution in [0.4, 0.5) is 21.9 Å². The standard InChI is InChI=1S/C24H20Cl2N4O3/c1-2-11-27-24(33)30-21-9-7-20(8-10-21)28-22(31)15-3-5-19(6-4-15)29-23(32)16-12-17(25)14-18(26)13-16/h2-10,12-14H,1,11H2,(H,28,31)(H,29,32)(H2,27,30,33). The van der Waals surface area contributed by atoms with Crippen molar-refractivity contribution in [3.05, 3.63) is 101 Å². The maximum atomic E-state index is 12.5. The molecule has 0 spiro atoms. The Bertz CT molecular complexity index is 1160. The highest BCUT2D eigenvalue weighted by molar-refractivity contribution is 6.35. The Kier molecular flexibility index (Phi) is 8.07. The van der Waals surface area contributed by atoms with Crippen LogP contribution < -0.4 is 21.3 Å². The molecule has 7 nitrogen and oxygen atoms in total. The van der Waals surface area contributed by atoms with E-state index in [1.54, 1.807) is 60.7 Å². The number of carbonyl (C=O) groups is 3. The monoisotopic (exact) mass is 482 g/mol. The molecule has 0 fully saturated rings. The molecule has 0 aliphatic carbocycles. The van der Waals surface area contributed by atoms with Gasteiger partial charge in [-0.15, -0.1) is 6.58 Å². The number of halogens is 2. The summed E-state index contributed by atoms with van der Waals surface area (Å²) in [6.45, 7) is 3.89. The lowest BCUT2D eigenvalue weighted by molar-refractivity contribution is 0.102. The van der Waals surface area contributed by atoms with Gasteiger partial charge in [-0.2, -0.15) is 0 Å². The summed E-state index contributed by atoms with van der Waals surface area (Å²) in [6, 6.07) is 17.3. The van der Waals surface area contributed by atoms with Gasteiger partial charge in [-0.1, -0.05) is 29.3 Å². The molecule has 0 saturated heterocycles. The van der Waals surface area contributed by atoms with Crippen molar-refractivity contribution in [1.82, 2.24) is 5.32 Å². The molecule has 0 aliphatic rings. The maximum Gasteiger partial charge on any atom is 0.319 e. The highest BCUT2D eigenvalue weighted by Crippen LogP contribution is 2.21. The minimum Gasteiger partial charge on any atom is -0.334 e. The van der Waals surface area contributed by atoms with Crippen LogP contribution in [-0.4, -0.2) is 24.4 Å². The summed E-state index contributed by atoms with van der Waals surface area (Å²) < 4.78 is 0. The second-order valence-corrected chi connectivity index (χ2v) is 7.72.